The van der Waals surface area contributed by atoms with Crippen LogP contribution in [0.1, 0.15) is 6.92 Å². The van der Waals surface area contributed by atoms with E-state index in [-0.39, 0.29) is 0 Å². The number of carbonyl (C=O) groups is 1. The third kappa shape index (κ3) is 4.11. The molecule has 7 heteroatoms. The minimum Gasteiger partial charge on any atom is -0.324 e. The Labute approximate surface area is 119 Å². The van der Waals surface area contributed by atoms with Crippen molar-refractivity contribution in [1.82, 2.24) is 0 Å². The summed E-state index contributed by atoms with van der Waals surface area (Å²) in [5.41, 5.74) is 0.551. The largest absolute Gasteiger partial charge is 0.324 e. The standard InChI is InChI=1S/C10H11ClINO3S/c1-6(17(2,15)16)10(14)13-9-4-3-7(11)5-8(9)12/h3-6H,1-2H3,(H,13,14). The maximum Gasteiger partial charge on any atom is 0.242 e. The molecule has 0 aliphatic rings. The maximum absolute atomic E-state index is 11.7. The number of nitrogens with one attached hydrogen (secondary N) is 1. The highest BCUT2D eigenvalue weighted by molar-refractivity contribution is 14.1. The van der Waals surface area contributed by atoms with Crippen molar-refractivity contribution in [2.45, 2.75) is 12.2 Å². The van der Waals surface area contributed by atoms with Crippen LogP contribution >= 0.6 is 34.2 Å². The molecule has 1 aromatic carbocycles. The van der Waals surface area contributed by atoms with Gasteiger partial charge in [0, 0.05) is 14.8 Å². The van der Waals surface area contributed by atoms with Crippen molar-refractivity contribution in [2.75, 3.05) is 11.6 Å². The Hall–Kier alpha value is -0.340. The van der Waals surface area contributed by atoms with E-state index in [1.54, 1.807) is 18.2 Å². The summed E-state index contributed by atoms with van der Waals surface area (Å²) in [5.74, 6) is -0.548. The van der Waals surface area contributed by atoms with Crippen molar-refractivity contribution in [3.63, 3.8) is 0 Å². The van der Waals surface area contributed by atoms with Gasteiger partial charge in [0.05, 0.1) is 5.69 Å². The van der Waals surface area contributed by atoms with E-state index in [4.69, 9.17) is 11.6 Å². The fourth-order valence-corrected chi connectivity index (χ4v) is 2.47. The quantitative estimate of drug-likeness (QED) is 0.810. The van der Waals surface area contributed by atoms with Crippen LogP contribution in [0.5, 0.6) is 0 Å². The first-order valence-electron chi connectivity index (χ1n) is 4.66. The smallest absolute Gasteiger partial charge is 0.242 e. The van der Waals surface area contributed by atoms with Crippen LogP contribution in [0.15, 0.2) is 18.2 Å². The third-order valence-electron chi connectivity index (χ3n) is 2.20. The van der Waals surface area contributed by atoms with Gasteiger partial charge < -0.3 is 5.32 Å². The number of carbonyl (C=O) groups excluding carboxylic acids is 1. The molecule has 0 aliphatic carbocycles. The van der Waals surface area contributed by atoms with Crippen molar-refractivity contribution in [3.05, 3.63) is 26.8 Å². The summed E-state index contributed by atoms with van der Waals surface area (Å²) in [6.07, 6.45) is 1.03. The first-order valence-corrected chi connectivity index (χ1v) is 8.07. The van der Waals surface area contributed by atoms with Gasteiger partial charge in [-0.1, -0.05) is 11.6 Å². The molecule has 0 heterocycles. The third-order valence-corrected chi connectivity index (χ3v) is 4.83. The molecule has 0 fully saturated rings. The van der Waals surface area contributed by atoms with E-state index in [9.17, 15) is 13.2 Å². The SMILES string of the molecule is CC(C(=O)Nc1ccc(Cl)cc1I)S(C)(=O)=O. The molecule has 94 valence electrons. The summed E-state index contributed by atoms with van der Waals surface area (Å²) in [6.45, 7) is 1.35. The van der Waals surface area contributed by atoms with Crippen LogP contribution in [0.4, 0.5) is 5.69 Å². The van der Waals surface area contributed by atoms with Crippen molar-refractivity contribution >= 4 is 55.6 Å². The summed E-state index contributed by atoms with van der Waals surface area (Å²) in [7, 11) is -3.38. The molecule has 0 aliphatic heterocycles. The van der Waals surface area contributed by atoms with Crippen LogP contribution in [0.25, 0.3) is 0 Å². The minimum absolute atomic E-state index is 0.548. The Morgan fingerprint density at radius 3 is 2.53 bits per heavy atom. The van der Waals surface area contributed by atoms with E-state index < -0.39 is 21.0 Å². The molecule has 17 heavy (non-hydrogen) atoms. The Morgan fingerprint density at radius 1 is 1.47 bits per heavy atom. The number of benzene rings is 1. The van der Waals surface area contributed by atoms with Gasteiger partial charge in [0.15, 0.2) is 9.84 Å². The lowest BCUT2D eigenvalue weighted by molar-refractivity contribution is -0.115. The summed E-state index contributed by atoms with van der Waals surface area (Å²) in [4.78, 5) is 11.7. The number of hydrogen-bond acceptors (Lipinski definition) is 3. The molecule has 1 unspecified atom stereocenters. The van der Waals surface area contributed by atoms with Crippen LogP contribution in [0, 0.1) is 3.57 Å². The fraction of sp³-hybridized carbons (Fsp3) is 0.300. The van der Waals surface area contributed by atoms with E-state index >= 15 is 0 Å². The van der Waals surface area contributed by atoms with Gasteiger partial charge in [-0.05, 0) is 47.7 Å². The monoisotopic (exact) mass is 387 g/mol. The van der Waals surface area contributed by atoms with Gasteiger partial charge >= 0.3 is 0 Å². The predicted molar refractivity (Wildman–Crippen MR) is 77.1 cm³/mol. The van der Waals surface area contributed by atoms with Crippen molar-refractivity contribution < 1.29 is 13.2 Å². The fourth-order valence-electron chi connectivity index (χ4n) is 1.02. The zero-order chi connectivity index (χ0) is 13.2. The Balaban J connectivity index is 2.89. The summed E-state index contributed by atoms with van der Waals surface area (Å²) in [5, 5.41) is 2.04. The lowest BCUT2D eigenvalue weighted by Gasteiger charge is -2.11. The van der Waals surface area contributed by atoms with E-state index in [0.29, 0.717) is 10.7 Å². The average Bonchev–Trinajstić information content (AvgIpc) is 2.19. The second-order valence-electron chi connectivity index (χ2n) is 3.59. The van der Waals surface area contributed by atoms with E-state index in [1.165, 1.54) is 6.92 Å². The lowest BCUT2D eigenvalue weighted by atomic mass is 10.3. The van der Waals surface area contributed by atoms with E-state index in [2.05, 4.69) is 5.32 Å². The molecular formula is C10H11ClINO3S. The van der Waals surface area contributed by atoms with Gasteiger partial charge in [0.2, 0.25) is 5.91 Å². The van der Waals surface area contributed by atoms with Crippen LogP contribution in [0.2, 0.25) is 5.02 Å². The summed E-state index contributed by atoms with van der Waals surface area (Å²) < 4.78 is 23.2. The molecule has 1 aromatic rings. The van der Waals surface area contributed by atoms with Crippen LogP contribution in [0.3, 0.4) is 0 Å². The van der Waals surface area contributed by atoms with Gasteiger partial charge in [-0.2, -0.15) is 0 Å². The van der Waals surface area contributed by atoms with Crippen LogP contribution in [-0.4, -0.2) is 25.8 Å². The molecule has 0 aromatic heterocycles. The van der Waals surface area contributed by atoms with Crippen molar-refractivity contribution in [2.24, 2.45) is 0 Å². The Kier molecular flexibility index (Phi) is 4.79. The number of hydrogen-bond donors (Lipinski definition) is 1. The average molecular weight is 388 g/mol. The molecule has 1 rings (SSSR count). The first-order chi connectivity index (χ1) is 7.71. The Bertz CT molecular complexity index is 544. The molecule has 0 saturated carbocycles. The molecule has 4 nitrogen and oxygen atoms in total. The number of amides is 1. The number of anilines is 1. The van der Waals surface area contributed by atoms with Gasteiger partial charge in [-0.25, -0.2) is 8.42 Å². The Morgan fingerprint density at radius 2 is 2.06 bits per heavy atom. The molecule has 0 spiro atoms. The molecule has 1 N–H and O–H groups in total. The number of rotatable bonds is 3. The van der Waals surface area contributed by atoms with Gasteiger partial charge in [0.1, 0.15) is 5.25 Å². The molecular weight excluding hydrogens is 377 g/mol. The maximum atomic E-state index is 11.7. The van der Waals surface area contributed by atoms with Gasteiger partial charge in [-0.3, -0.25) is 4.79 Å². The number of sulfone groups is 1. The normalized spacial score (nSPS) is 13.2. The predicted octanol–water partition coefficient (Wildman–Crippen LogP) is 2.32. The van der Waals surface area contributed by atoms with E-state index in [1.807, 2.05) is 22.6 Å². The number of halogens is 2. The highest BCUT2D eigenvalue weighted by atomic mass is 127. The topological polar surface area (TPSA) is 63.2 Å². The highest BCUT2D eigenvalue weighted by Crippen LogP contribution is 2.22. The highest BCUT2D eigenvalue weighted by Gasteiger charge is 2.23. The minimum atomic E-state index is -3.38. The molecule has 0 saturated heterocycles. The van der Waals surface area contributed by atoms with Crippen molar-refractivity contribution in [3.8, 4) is 0 Å². The molecule has 1 atom stereocenters. The van der Waals surface area contributed by atoms with Crippen LogP contribution < -0.4 is 5.32 Å². The van der Waals surface area contributed by atoms with Gasteiger partial charge in [0.25, 0.3) is 0 Å². The second kappa shape index (κ2) is 5.53. The van der Waals surface area contributed by atoms with E-state index in [0.717, 1.165) is 9.83 Å². The van der Waals surface area contributed by atoms with Crippen LogP contribution in [-0.2, 0) is 14.6 Å². The molecule has 0 radical (unpaired) electrons. The lowest BCUT2D eigenvalue weighted by Crippen LogP contribution is -2.32. The second-order valence-corrected chi connectivity index (χ2v) is 7.55. The summed E-state index contributed by atoms with van der Waals surface area (Å²) in [6, 6.07) is 4.95. The zero-order valence-corrected chi connectivity index (χ0v) is 12.9. The summed E-state index contributed by atoms with van der Waals surface area (Å²) >= 11 is 7.79. The zero-order valence-electron chi connectivity index (χ0n) is 9.20. The van der Waals surface area contributed by atoms with Gasteiger partial charge in [-0.15, -0.1) is 0 Å². The molecule has 1 amide bonds. The molecule has 0 bridgehead atoms. The van der Waals surface area contributed by atoms with Crippen molar-refractivity contribution in [1.29, 1.82) is 0 Å². The first kappa shape index (κ1) is 14.7.